The maximum Gasteiger partial charge on any atom is 0.290 e. The van der Waals surface area contributed by atoms with Crippen LogP contribution in [0.5, 0.6) is 5.75 Å². The Morgan fingerprint density at radius 1 is 1.42 bits per heavy atom. The topological polar surface area (TPSA) is 78.0 Å². The molecule has 1 heterocycles. The minimum atomic E-state index is -0.666. The van der Waals surface area contributed by atoms with E-state index in [9.17, 15) is 14.3 Å². The fraction of sp³-hybridized carbons (Fsp3) is 0.231. The number of anilines is 1. The molecule has 98 valence electrons. The Morgan fingerprint density at radius 2 is 2.21 bits per heavy atom. The number of aromatic amines is 1. The molecule has 5 nitrogen and oxygen atoms in total. The normalized spacial score (nSPS) is 16.1. The number of phenols is 1. The van der Waals surface area contributed by atoms with Gasteiger partial charge in [0, 0.05) is 18.0 Å². The first-order chi connectivity index (χ1) is 9.12. The molecular weight excluding hydrogens is 249 g/mol. The Hall–Kier alpha value is -2.37. The van der Waals surface area contributed by atoms with Crippen molar-refractivity contribution in [3.05, 3.63) is 52.3 Å². The molecule has 0 atom stereocenters. The first-order valence-electron chi connectivity index (χ1n) is 5.92. The summed E-state index contributed by atoms with van der Waals surface area (Å²) in [5.74, 6) is -0.871. The van der Waals surface area contributed by atoms with Gasteiger partial charge < -0.3 is 15.4 Å². The molecule has 3 rings (SSSR count). The molecule has 0 aliphatic heterocycles. The molecule has 1 aromatic heterocycles. The second kappa shape index (κ2) is 4.08. The maximum absolute atomic E-state index is 13.4. The van der Waals surface area contributed by atoms with Gasteiger partial charge >= 0.3 is 0 Å². The van der Waals surface area contributed by atoms with Crippen LogP contribution in [0, 0.1) is 5.82 Å². The van der Waals surface area contributed by atoms with Gasteiger partial charge in [0.1, 0.15) is 0 Å². The van der Waals surface area contributed by atoms with Crippen LogP contribution in [0.25, 0.3) is 0 Å². The fourth-order valence-corrected chi connectivity index (χ4v) is 2.16. The first-order valence-corrected chi connectivity index (χ1v) is 5.92. The molecular formula is C13H12FN3O2. The molecule has 0 bridgehead atoms. The van der Waals surface area contributed by atoms with Gasteiger partial charge in [0.2, 0.25) is 0 Å². The van der Waals surface area contributed by atoms with Gasteiger partial charge in [0.05, 0.1) is 5.54 Å². The minimum absolute atomic E-state index is 0.170. The summed E-state index contributed by atoms with van der Waals surface area (Å²) in [5, 5.41) is 12.8. The van der Waals surface area contributed by atoms with Gasteiger partial charge in [-0.1, -0.05) is 12.1 Å². The third kappa shape index (κ3) is 1.95. The Balaban J connectivity index is 1.99. The summed E-state index contributed by atoms with van der Waals surface area (Å²) in [6.45, 7) is 0. The van der Waals surface area contributed by atoms with Crippen LogP contribution in [-0.4, -0.2) is 15.1 Å². The summed E-state index contributed by atoms with van der Waals surface area (Å²) in [6.07, 6.45) is 4.32. The Bertz CT molecular complexity index is 680. The molecule has 1 aliphatic rings. The van der Waals surface area contributed by atoms with Crippen molar-refractivity contribution in [1.29, 1.82) is 0 Å². The lowest BCUT2D eigenvalue weighted by molar-refractivity contribution is 0.421. The number of H-pyrrole nitrogens is 1. The van der Waals surface area contributed by atoms with Crippen molar-refractivity contribution in [3.63, 3.8) is 0 Å². The molecule has 0 saturated heterocycles. The summed E-state index contributed by atoms with van der Waals surface area (Å²) < 4.78 is 13.4. The highest BCUT2D eigenvalue weighted by Gasteiger charge is 2.47. The largest absolute Gasteiger partial charge is 0.505 e. The predicted octanol–water partition coefficient (Wildman–Crippen LogP) is 1.72. The molecule has 0 spiro atoms. The van der Waals surface area contributed by atoms with Gasteiger partial charge in [-0.2, -0.15) is 0 Å². The number of aromatic nitrogens is 2. The summed E-state index contributed by atoms with van der Waals surface area (Å²) >= 11 is 0. The van der Waals surface area contributed by atoms with Crippen LogP contribution in [0.15, 0.2) is 35.4 Å². The summed E-state index contributed by atoms with van der Waals surface area (Å²) in [6, 6.07) is 4.38. The highest BCUT2D eigenvalue weighted by Crippen LogP contribution is 2.50. The number of nitrogens with one attached hydrogen (secondary N) is 2. The van der Waals surface area contributed by atoms with Crippen molar-refractivity contribution in [1.82, 2.24) is 9.97 Å². The van der Waals surface area contributed by atoms with E-state index in [1.165, 1.54) is 24.5 Å². The van der Waals surface area contributed by atoms with Crippen LogP contribution in [0.3, 0.4) is 0 Å². The van der Waals surface area contributed by atoms with Crippen LogP contribution in [-0.2, 0) is 5.54 Å². The van der Waals surface area contributed by atoms with Crippen molar-refractivity contribution in [2.75, 3.05) is 5.32 Å². The van der Waals surface area contributed by atoms with E-state index < -0.39 is 11.4 Å². The third-order valence-corrected chi connectivity index (χ3v) is 3.32. The van der Waals surface area contributed by atoms with Crippen molar-refractivity contribution in [3.8, 4) is 5.75 Å². The zero-order chi connectivity index (χ0) is 13.5. The first kappa shape index (κ1) is 11.7. The fourth-order valence-electron chi connectivity index (χ4n) is 2.16. The van der Waals surface area contributed by atoms with Crippen molar-refractivity contribution in [2.24, 2.45) is 0 Å². The second-order valence-electron chi connectivity index (χ2n) is 4.61. The van der Waals surface area contributed by atoms with Crippen LogP contribution in [0.1, 0.15) is 18.4 Å². The maximum atomic E-state index is 13.4. The molecule has 6 heteroatoms. The smallest absolute Gasteiger partial charge is 0.290 e. The number of rotatable bonds is 3. The van der Waals surface area contributed by atoms with Crippen molar-refractivity contribution < 1.29 is 9.50 Å². The number of hydrogen-bond acceptors (Lipinski definition) is 4. The van der Waals surface area contributed by atoms with E-state index in [1.807, 2.05) is 0 Å². The Labute approximate surface area is 108 Å². The third-order valence-electron chi connectivity index (χ3n) is 3.32. The highest BCUT2D eigenvalue weighted by atomic mass is 19.1. The quantitative estimate of drug-likeness (QED) is 0.786. The molecule has 19 heavy (non-hydrogen) atoms. The SMILES string of the molecule is O=c1[nH]ccnc1NC1(c2cccc(F)c2O)CC1. The lowest BCUT2D eigenvalue weighted by atomic mass is 10.0. The lowest BCUT2D eigenvalue weighted by Crippen LogP contribution is -2.25. The average Bonchev–Trinajstić information content (AvgIpc) is 3.16. The zero-order valence-corrected chi connectivity index (χ0v) is 9.98. The predicted molar refractivity (Wildman–Crippen MR) is 67.5 cm³/mol. The van der Waals surface area contributed by atoms with Gasteiger partial charge in [-0.25, -0.2) is 9.37 Å². The van der Waals surface area contributed by atoms with Crippen LogP contribution < -0.4 is 10.9 Å². The van der Waals surface area contributed by atoms with Crippen LogP contribution in [0.2, 0.25) is 0 Å². The molecule has 0 unspecified atom stereocenters. The Kier molecular flexibility index (Phi) is 2.51. The molecule has 1 aliphatic carbocycles. The van der Waals surface area contributed by atoms with Crippen molar-refractivity contribution >= 4 is 5.82 Å². The number of phenolic OH excluding ortho intramolecular Hbond substituents is 1. The minimum Gasteiger partial charge on any atom is -0.505 e. The van der Waals surface area contributed by atoms with Crippen molar-refractivity contribution in [2.45, 2.75) is 18.4 Å². The summed E-state index contributed by atoms with van der Waals surface area (Å²) in [7, 11) is 0. The highest BCUT2D eigenvalue weighted by molar-refractivity contribution is 5.50. The van der Waals surface area contributed by atoms with Gasteiger partial charge in [-0.3, -0.25) is 4.79 Å². The van der Waals surface area contributed by atoms with Gasteiger partial charge in [-0.15, -0.1) is 0 Å². The molecule has 1 fully saturated rings. The Morgan fingerprint density at radius 3 is 2.89 bits per heavy atom. The van der Waals surface area contributed by atoms with E-state index in [4.69, 9.17) is 0 Å². The summed E-state index contributed by atoms with van der Waals surface area (Å²) in [4.78, 5) is 18.1. The molecule has 3 N–H and O–H groups in total. The number of hydrogen-bond donors (Lipinski definition) is 3. The lowest BCUT2D eigenvalue weighted by Gasteiger charge is -2.19. The van der Waals surface area contributed by atoms with Gasteiger partial charge in [0.25, 0.3) is 5.56 Å². The second-order valence-corrected chi connectivity index (χ2v) is 4.61. The number of halogens is 1. The standard InChI is InChI=1S/C13H12FN3O2/c14-9-3-1-2-8(10(9)18)13(4-5-13)17-11-12(19)16-7-6-15-11/h1-3,6-7,18H,4-5H2,(H,15,17)(H,16,19). The van der Waals surface area contributed by atoms with Crippen LogP contribution >= 0.6 is 0 Å². The van der Waals surface area contributed by atoms with E-state index in [2.05, 4.69) is 15.3 Å². The number of benzene rings is 1. The number of para-hydroxylation sites is 1. The van der Waals surface area contributed by atoms with E-state index in [0.717, 1.165) is 0 Å². The molecule has 0 radical (unpaired) electrons. The molecule has 2 aromatic rings. The molecule has 1 aromatic carbocycles. The number of aromatic hydroxyl groups is 1. The average molecular weight is 261 g/mol. The molecule has 0 amide bonds. The number of nitrogens with zero attached hydrogens (tertiary/aromatic N) is 1. The van der Waals surface area contributed by atoms with Gasteiger partial charge in [0.15, 0.2) is 17.4 Å². The summed E-state index contributed by atoms with van der Waals surface area (Å²) in [5.41, 5.74) is -0.490. The van der Waals surface area contributed by atoms with E-state index >= 15 is 0 Å². The monoisotopic (exact) mass is 261 g/mol. The van der Waals surface area contributed by atoms with E-state index in [0.29, 0.717) is 18.4 Å². The zero-order valence-electron chi connectivity index (χ0n) is 9.98. The van der Waals surface area contributed by atoms with Crippen LogP contribution in [0.4, 0.5) is 10.2 Å². The van der Waals surface area contributed by atoms with Gasteiger partial charge in [-0.05, 0) is 18.9 Å². The molecule has 1 saturated carbocycles. The van der Waals surface area contributed by atoms with E-state index in [-0.39, 0.29) is 17.1 Å². The van der Waals surface area contributed by atoms with E-state index in [1.54, 1.807) is 6.07 Å².